The molecule has 1 unspecified atom stereocenters. The summed E-state index contributed by atoms with van der Waals surface area (Å²) in [5, 5.41) is 6.89. The summed E-state index contributed by atoms with van der Waals surface area (Å²) in [4.78, 5) is 27.6. The number of likely N-dealkylation sites (tertiary alicyclic amines) is 2. The van der Waals surface area contributed by atoms with E-state index in [1.165, 1.54) is 63.7 Å². The van der Waals surface area contributed by atoms with Crippen LogP contribution >= 0.6 is 0 Å². The smallest absolute Gasteiger partial charge is 0.290 e. The van der Waals surface area contributed by atoms with Gasteiger partial charge in [-0.05, 0) is 95.1 Å². The van der Waals surface area contributed by atoms with Gasteiger partial charge in [0.2, 0.25) is 5.91 Å². The Bertz CT molecular complexity index is 996. The van der Waals surface area contributed by atoms with Crippen LogP contribution in [-0.2, 0) is 16.0 Å². The number of nitrogens with zero attached hydrogens (tertiary/aromatic N) is 3. The maximum absolute atomic E-state index is 12.2. The lowest BCUT2D eigenvalue weighted by Gasteiger charge is -2.35. The minimum absolute atomic E-state index is 0.250. The van der Waals surface area contributed by atoms with Crippen LogP contribution in [0, 0.1) is 5.92 Å². The molecule has 1 saturated carbocycles. The van der Waals surface area contributed by atoms with Crippen LogP contribution in [0.5, 0.6) is 0 Å². The summed E-state index contributed by atoms with van der Waals surface area (Å²) in [5.74, 6) is 2.06. The van der Waals surface area contributed by atoms with Crippen LogP contribution in [0.3, 0.4) is 0 Å². The Hall–Kier alpha value is -2.96. The van der Waals surface area contributed by atoms with Crippen molar-refractivity contribution >= 4 is 12.4 Å². The maximum Gasteiger partial charge on any atom is 0.290 e. The molecule has 43 heavy (non-hydrogen) atoms. The average molecular weight is 592 g/mol. The second-order valence-corrected chi connectivity index (χ2v) is 12.2. The Morgan fingerprint density at radius 2 is 1.49 bits per heavy atom. The highest BCUT2D eigenvalue weighted by molar-refractivity contribution is 5.76. The monoisotopic (exact) mass is 591 g/mol. The Kier molecular flexibility index (Phi) is 18.3. The zero-order valence-corrected chi connectivity index (χ0v) is 27.1. The summed E-state index contributed by atoms with van der Waals surface area (Å²) < 4.78 is 0. The Balaban J connectivity index is 0.000000254. The van der Waals surface area contributed by atoms with Crippen LogP contribution in [0.15, 0.2) is 73.3 Å². The van der Waals surface area contributed by atoms with E-state index in [2.05, 4.69) is 65.9 Å². The number of amides is 1. The third-order valence-corrected chi connectivity index (χ3v) is 8.88. The second kappa shape index (κ2) is 21.7. The topological polar surface area (TPSA) is 64.1 Å². The number of carbonyl (C=O) groups is 2. The van der Waals surface area contributed by atoms with E-state index >= 15 is 0 Å². The van der Waals surface area contributed by atoms with Crippen LogP contribution < -0.4 is 0 Å². The van der Waals surface area contributed by atoms with Crippen LogP contribution in [0.2, 0.25) is 0 Å². The molecule has 0 aromatic heterocycles. The van der Waals surface area contributed by atoms with Gasteiger partial charge >= 0.3 is 0 Å². The summed E-state index contributed by atoms with van der Waals surface area (Å²) in [6.45, 7) is 11.2. The van der Waals surface area contributed by atoms with E-state index in [0.717, 1.165) is 44.2 Å². The summed E-state index contributed by atoms with van der Waals surface area (Å²) in [6, 6.07) is 21.8. The molecule has 1 aliphatic carbocycles. The van der Waals surface area contributed by atoms with Crippen LogP contribution in [0.25, 0.3) is 0 Å². The Morgan fingerprint density at radius 1 is 0.930 bits per heavy atom. The van der Waals surface area contributed by atoms with E-state index in [1.54, 1.807) is 11.6 Å². The zero-order chi connectivity index (χ0) is 31.3. The molecule has 1 atom stereocenters. The van der Waals surface area contributed by atoms with Gasteiger partial charge in [-0.25, -0.2) is 0 Å². The molecule has 1 N–H and O–H groups in total. The largest absolute Gasteiger partial charge is 0.483 e. The van der Waals surface area contributed by atoms with Gasteiger partial charge in [0.05, 0.1) is 0 Å². The molecule has 5 rings (SSSR count). The molecule has 2 heterocycles. The van der Waals surface area contributed by atoms with Crippen molar-refractivity contribution in [2.24, 2.45) is 5.92 Å². The first-order chi connectivity index (χ1) is 20.9. The Labute approximate surface area is 261 Å². The first-order valence-electron chi connectivity index (χ1n) is 16.3. The molecule has 6 heteroatoms. The SMILES string of the molecule is C=CC.CN1CCC(N(C)C(=O)CCc2ccccc2)CC1.O=CO.c1ccc(C2CCN(CC3CCCCC3)C2)cc1. The third-order valence-electron chi connectivity index (χ3n) is 8.88. The van der Waals surface area contributed by atoms with E-state index in [9.17, 15) is 4.79 Å². The first-order valence-corrected chi connectivity index (χ1v) is 16.3. The van der Waals surface area contributed by atoms with Crippen LogP contribution in [0.1, 0.15) is 81.8 Å². The molecule has 0 bridgehead atoms. The molecule has 2 saturated heterocycles. The van der Waals surface area contributed by atoms with Gasteiger partial charge in [-0.3, -0.25) is 9.59 Å². The second-order valence-electron chi connectivity index (χ2n) is 12.2. The van der Waals surface area contributed by atoms with Crippen molar-refractivity contribution in [2.45, 2.75) is 83.1 Å². The fourth-order valence-corrected chi connectivity index (χ4v) is 6.39. The highest BCUT2D eigenvalue weighted by atomic mass is 16.3. The normalized spacial score (nSPS) is 19.4. The van der Waals surface area contributed by atoms with Gasteiger partial charge in [-0.1, -0.05) is 86.0 Å². The Morgan fingerprint density at radius 3 is 2.07 bits per heavy atom. The van der Waals surface area contributed by atoms with Crippen molar-refractivity contribution in [3.8, 4) is 0 Å². The highest BCUT2D eigenvalue weighted by Crippen LogP contribution is 2.30. The quantitative estimate of drug-likeness (QED) is 0.274. The van der Waals surface area contributed by atoms with Gasteiger partial charge in [-0.2, -0.15) is 0 Å². The van der Waals surface area contributed by atoms with E-state index in [4.69, 9.17) is 9.90 Å². The minimum atomic E-state index is -0.250. The summed E-state index contributed by atoms with van der Waals surface area (Å²) in [6.07, 6.45) is 14.2. The van der Waals surface area contributed by atoms with Crippen molar-refractivity contribution < 1.29 is 14.7 Å². The number of piperidine rings is 1. The average Bonchev–Trinajstić information content (AvgIpc) is 3.51. The van der Waals surface area contributed by atoms with Gasteiger partial charge in [0.25, 0.3) is 6.47 Å². The lowest BCUT2D eigenvalue weighted by Crippen LogP contribution is -2.44. The molecule has 6 nitrogen and oxygen atoms in total. The van der Waals surface area contributed by atoms with E-state index in [1.807, 2.05) is 37.1 Å². The molecular formula is C37H57N3O3. The number of hydrogen-bond acceptors (Lipinski definition) is 4. The van der Waals surface area contributed by atoms with Crippen LogP contribution in [0.4, 0.5) is 0 Å². The molecule has 2 aromatic carbocycles. The van der Waals surface area contributed by atoms with Gasteiger partial charge in [0.1, 0.15) is 0 Å². The van der Waals surface area contributed by atoms with Crippen molar-refractivity contribution in [1.82, 2.24) is 14.7 Å². The maximum atomic E-state index is 12.2. The van der Waals surface area contributed by atoms with Crippen molar-refractivity contribution in [3.63, 3.8) is 0 Å². The van der Waals surface area contributed by atoms with Gasteiger partial charge in [0, 0.05) is 32.6 Å². The number of carbonyl (C=O) groups excluding carboxylic acids is 1. The fourth-order valence-electron chi connectivity index (χ4n) is 6.39. The number of allylic oxidation sites excluding steroid dienone is 1. The molecule has 3 aliphatic rings. The number of hydrogen-bond donors (Lipinski definition) is 1. The van der Waals surface area contributed by atoms with Gasteiger partial charge in [0.15, 0.2) is 0 Å². The number of aryl methyl sites for hydroxylation is 1. The van der Waals surface area contributed by atoms with E-state index in [-0.39, 0.29) is 12.4 Å². The summed E-state index contributed by atoms with van der Waals surface area (Å²) in [7, 11) is 4.11. The highest BCUT2D eigenvalue weighted by Gasteiger charge is 2.26. The predicted octanol–water partition coefficient (Wildman–Crippen LogP) is 7.12. The van der Waals surface area contributed by atoms with Crippen LogP contribution in [-0.4, -0.2) is 85.0 Å². The van der Waals surface area contributed by atoms with Gasteiger partial charge in [-0.15, -0.1) is 6.58 Å². The predicted molar refractivity (Wildman–Crippen MR) is 179 cm³/mol. The lowest BCUT2D eigenvalue weighted by molar-refractivity contribution is -0.132. The summed E-state index contributed by atoms with van der Waals surface area (Å²) in [5.41, 5.74) is 2.79. The van der Waals surface area contributed by atoms with E-state index < -0.39 is 0 Å². The lowest BCUT2D eigenvalue weighted by atomic mass is 9.89. The number of carboxylic acid groups (broad SMARTS) is 1. The fraction of sp³-hybridized carbons (Fsp3) is 0.568. The molecule has 238 valence electrons. The zero-order valence-electron chi connectivity index (χ0n) is 27.1. The summed E-state index contributed by atoms with van der Waals surface area (Å²) >= 11 is 0. The molecule has 3 fully saturated rings. The standard InChI is InChI=1S/C17H25N.C16H24N2O.C3H6.CH2O2/c1-3-7-15(8-4-1)13-18-12-11-17(14-18)16-9-5-2-6-10-16;1-17-12-10-15(11-13-17)18(2)16(19)9-8-14-6-4-3-5-7-14;1-3-2;2-1-3/h2,5-6,9-10,15,17H,1,3-4,7-8,11-14H2;3-7,15H,8-13H2,1-2H3;3H,1H2,2H3;1H,(H,2,3). The molecule has 0 spiro atoms. The number of benzene rings is 2. The van der Waals surface area contributed by atoms with Crippen molar-refractivity contribution in [2.75, 3.05) is 46.8 Å². The number of rotatable bonds is 7. The minimum Gasteiger partial charge on any atom is -0.483 e. The van der Waals surface area contributed by atoms with Crippen molar-refractivity contribution in [3.05, 3.63) is 84.4 Å². The molecular weight excluding hydrogens is 534 g/mol. The first kappa shape index (κ1) is 36.2. The van der Waals surface area contributed by atoms with E-state index in [0.29, 0.717) is 12.5 Å². The van der Waals surface area contributed by atoms with Crippen molar-refractivity contribution in [1.29, 1.82) is 0 Å². The third kappa shape index (κ3) is 14.4. The molecule has 1 amide bonds. The molecule has 2 aromatic rings. The van der Waals surface area contributed by atoms with Gasteiger partial charge < -0.3 is 19.8 Å². The molecule has 0 radical (unpaired) electrons. The molecule has 2 aliphatic heterocycles.